The summed E-state index contributed by atoms with van der Waals surface area (Å²) in [5, 5.41) is 16.5. The first kappa shape index (κ1) is 17.7. The number of nitrogens with zero attached hydrogens (tertiary/aromatic N) is 4. The third kappa shape index (κ3) is 3.42. The molecule has 7 nitrogen and oxygen atoms in total. The van der Waals surface area contributed by atoms with Crippen LogP contribution in [-0.4, -0.2) is 32.7 Å². The molecule has 0 bridgehead atoms. The topological polar surface area (TPSA) is 81.9 Å². The third-order valence-corrected chi connectivity index (χ3v) is 4.36. The summed E-state index contributed by atoms with van der Waals surface area (Å²) in [6, 6.07) is 21.1. The van der Waals surface area contributed by atoms with Crippen molar-refractivity contribution in [2.45, 2.75) is 13.5 Å². The van der Waals surface area contributed by atoms with Crippen LogP contribution >= 0.6 is 0 Å². The number of tetrazole rings is 1. The number of rotatable bonds is 6. The highest BCUT2D eigenvalue weighted by Gasteiger charge is 2.18. The number of aromatic nitrogens is 4. The van der Waals surface area contributed by atoms with Crippen LogP contribution in [0.3, 0.4) is 0 Å². The summed E-state index contributed by atoms with van der Waals surface area (Å²) in [5.74, 6) is 0.863. The molecule has 3 aromatic carbocycles. The van der Waals surface area contributed by atoms with Gasteiger partial charge >= 0.3 is 0 Å². The van der Waals surface area contributed by atoms with Crippen LogP contribution in [0.15, 0.2) is 66.7 Å². The summed E-state index contributed by atoms with van der Waals surface area (Å²) in [7, 11) is 0. The Labute approximate surface area is 161 Å². The molecule has 0 aliphatic carbocycles. The molecule has 0 saturated heterocycles. The maximum absolute atomic E-state index is 13.0. The molecule has 28 heavy (non-hydrogen) atoms. The van der Waals surface area contributed by atoms with Crippen LogP contribution in [0.2, 0.25) is 0 Å². The van der Waals surface area contributed by atoms with Crippen molar-refractivity contribution in [3.05, 3.63) is 78.1 Å². The number of benzene rings is 3. The normalized spacial score (nSPS) is 10.8. The van der Waals surface area contributed by atoms with E-state index in [0.29, 0.717) is 23.7 Å². The first-order valence-electron chi connectivity index (χ1n) is 9.03. The molecule has 0 unspecified atom stereocenters. The zero-order chi connectivity index (χ0) is 19.3. The molecule has 4 aromatic rings. The Morgan fingerprint density at radius 2 is 1.82 bits per heavy atom. The van der Waals surface area contributed by atoms with Crippen molar-refractivity contribution < 1.29 is 9.53 Å². The average Bonchev–Trinajstić information content (AvgIpc) is 3.21. The molecular formula is C21H19N5O2. The van der Waals surface area contributed by atoms with E-state index in [2.05, 4.69) is 20.8 Å². The Morgan fingerprint density at radius 3 is 2.64 bits per heavy atom. The first-order valence-corrected chi connectivity index (χ1v) is 9.03. The van der Waals surface area contributed by atoms with Gasteiger partial charge in [-0.1, -0.05) is 48.5 Å². The molecule has 1 amide bonds. The van der Waals surface area contributed by atoms with Crippen molar-refractivity contribution in [2.24, 2.45) is 0 Å². The van der Waals surface area contributed by atoms with Gasteiger partial charge in [0, 0.05) is 0 Å². The van der Waals surface area contributed by atoms with E-state index in [1.54, 1.807) is 4.68 Å². The second-order valence-corrected chi connectivity index (χ2v) is 6.12. The molecule has 0 fully saturated rings. The number of carbonyl (C=O) groups is 1. The number of amides is 1. The standard InChI is InChI=1S/C21H19N5O2/c1-2-28-18-13-12-15-8-6-7-11-17(15)20(18)21(27)22-14-19-23-24-25-26(19)16-9-4-3-5-10-16/h3-13H,2,14H2,1H3,(H,22,27). The number of hydrogen-bond donors (Lipinski definition) is 1. The quantitative estimate of drug-likeness (QED) is 0.561. The second kappa shape index (κ2) is 7.87. The molecule has 0 aliphatic heterocycles. The van der Waals surface area contributed by atoms with Crippen molar-refractivity contribution in [1.82, 2.24) is 25.5 Å². The fourth-order valence-electron chi connectivity index (χ4n) is 3.09. The summed E-state index contributed by atoms with van der Waals surface area (Å²) in [6.45, 7) is 2.56. The summed E-state index contributed by atoms with van der Waals surface area (Å²) in [6.07, 6.45) is 0. The van der Waals surface area contributed by atoms with E-state index >= 15 is 0 Å². The predicted octanol–water partition coefficient (Wildman–Crippen LogP) is 3.14. The van der Waals surface area contributed by atoms with E-state index in [4.69, 9.17) is 4.74 Å². The van der Waals surface area contributed by atoms with E-state index in [-0.39, 0.29) is 12.5 Å². The van der Waals surface area contributed by atoms with Gasteiger partial charge in [-0.15, -0.1) is 5.10 Å². The number of hydrogen-bond acceptors (Lipinski definition) is 5. The molecule has 1 aromatic heterocycles. The van der Waals surface area contributed by atoms with Crippen molar-refractivity contribution in [3.8, 4) is 11.4 Å². The van der Waals surface area contributed by atoms with Crippen LogP contribution in [0.4, 0.5) is 0 Å². The van der Waals surface area contributed by atoms with Gasteiger partial charge in [-0.05, 0) is 46.3 Å². The highest BCUT2D eigenvalue weighted by molar-refractivity contribution is 6.09. The van der Waals surface area contributed by atoms with Gasteiger partial charge in [0.1, 0.15) is 5.75 Å². The lowest BCUT2D eigenvalue weighted by Crippen LogP contribution is -2.25. The van der Waals surface area contributed by atoms with Gasteiger partial charge in [0.05, 0.1) is 24.4 Å². The maximum atomic E-state index is 13.0. The van der Waals surface area contributed by atoms with Crippen LogP contribution in [0.5, 0.6) is 5.75 Å². The van der Waals surface area contributed by atoms with Gasteiger partial charge in [0.2, 0.25) is 0 Å². The smallest absolute Gasteiger partial charge is 0.256 e. The highest BCUT2D eigenvalue weighted by atomic mass is 16.5. The van der Waals surface area contributed by atoms with Gasteiger partial charge in [-0.25, -0.2) is 0 Å². The van der Waals surface area contributed by atoms with Crippen LogP contribution in [-0.2, 0) is 6.54 Å². The lowest BCUT2D eigenvalue weighted by molar-refractivity contribution is 0.0947. The monoisotopic (exact) mass is 373 g/mol. The lowest BCUT2D eigenvalue weighted by Gasteiger charge is -2.13. The van der Waals surface area contributed by atoms with Crippen LogP contribution in [0.1, 0.15) is 23.1 Å². The molecule has 1 heterocycles. The van der Waals surface area contributed by atoms with Gasteiger partial charge in [0.15, 0.2) is 5.82 Å². The van der Waals surface area contributed by atoms with Crippen molar-refractivity contribution >= 4 is 16.7 Å². The third-order valence-electron chi connectivity index (χ3n) is 4.36. The Kier molecular flexibility index (Phi) is 4.97. The molecule has 4 rings (SSSR count). The number of ether oxygens (including phenoxy) is 1. The van der Waals surface area contributed by atoms with Crippen LogP contribution in [0, 0.1) is 0 Å². The van der Waals surface area contributed by atoms with Crippen molar-refractivity contribution in [3.63, 3.8) is 0 Å². The molecular weight excluding hydrogens is 354 g/mol. The minimum Gasteiger partial charge on any atom is -0.493 e. The minimum atomic E-state index is -0.233. The zero-order valence-corrected chi connectivity index (χ0v) is 15.4. The van der Waals surface area contributed by atoms with Gasteiger partial charge in [-0.3, -0.25) is 4.79 Å². The maximum Gasteiger partial charge on any atom is 0.256 e. The molecule has 0 saturated carbocycles. The number of carbonyl (C=O) groups excluding carboxylic acids is 1. The van der Waals surface area contributed by atoms with Crippen LogP contribution in [0.25, 0.3) is 16.5 Å². The van der Waals surface area contributed by atoms with E-state index in [1.165, 1.54) is 0 Å². The Hall–Kier alpha value is -3.74. The average molecular weight is 373 g/mol. The molecule has 7 heteroatoms. The molecule has 0 spiro atoms. The van der Waals surface area contributed by atoms with E-state index < -0.39 is 0 Å². The van der Waals surface area contributed by atoms with Crippen molar-refractivity contribution in [2.75, 3.05) is 6.61 Å². The van der Waals surface area contributed by atoms with E-state index in [0.717, 1.165) is 16.5 Å². The zero-order valence-electron chi connectivity index (χ0n) is 15.4. The summed E-state index contributed by atoms with van der Waals surface area (Å²) in [4.78, 5) is 13.0. The van der Waals surface area contributed by atoms with Crippen LogP contribution < -0.4 is 10.1 Å². The SMILES string of the molecule is CCOc1ccc2ccccc2c1C(=O)NCc1nnnn1-c1ccccc1. The Balaban J connectivity index is 1.62. The summed E-state index contributed by atoms with van der Waals surface area (Å²) < 4.78 is 7.29. The van der Waals surface area contributed by atoms with E-state index in [1.807, 2.05) is 73.7 Å². The largest absolute Gasteiger partial charge is 0.493 e. The lowest BCUT2D eigenvalue weighted by atomic mass is 10.0. The first-order chi connectivity index (χ1) is 13.8. The fourth-order valence-corrected chi connectivity index (χ4v) is 3.09. The highest BCUT2D eigenvalue weighted by Crippen LogP contribution is 2.28. The Bertz CT molecular complexity index is 1110. The summed E-state index contributed by atoms with van der Waals surface area (Å²) >= 11 is 0. The Morgan fingerprint density at radius 1 is 1.04 bits per heavy atom. The summed E-state index contributed by atoms with van der Waals surface area (Å²) in [5.41, 5.74) is 1.34. The number of para-hydroxylation sites is 1. The molecule has 0 radical (unpaired) electrons. The number of nitrogens with one attached hydrogen (secondary N) is 1. The van der Waals surface area contributed by atoms with Gasteiger partial charge < -0.3 is 10.1 Å². The molecule has 0 atom stereocenters. The molecule has 140 valence electrons. The van der Waals surface area contributed by atoms with E-state index in [9.17, 15) is 4.79 Å². The molecule has 0 aliphatic rings. The van der Waals surface area contributed by atoms with Gasteiger partial charge in [0.25, 0.3) is 5.91 Å². The minimum absolute atomic E-state index is 0.190. The fraction of sp³-hybridized carbons (Fsp3) is 0.143. The predicted molar refractivity (Wildman–Crippen MR) is 105 cm³/mol. The van der Waals surface area contributed by atoms with Gasteiger partial charge in [-0.2, -0.15) is 4.68 Å². The second-order valence-electron chi connectivity index (χ2n) is 6.12. The van der Waals surface area contributed by atoms with Crippen molar-refractivity contribution in [1.29, 1.82) is 0 Å². The number of fused-ring (bicyclic) bond motifs is 1. The molecule has 1 N–H and O–H groups in total.